The average molecular weight is 471 g/mol. The molecule has 2 aromatic heterocycles. The van der Waals surface area contributed by atoms with Gasteiger partial charge >= 0.3 is 0 Å². The molecule has 0 fully saturated rings. The van der Waals surface area contributed by atoms with Crippen LogP contribution in [0.5, 0.6) is 5.75 Å². The lowest BCUT2D eigenvalue weighted by atomic mass is 10.1. The first-order chi connectivity index (χ1) is 17.1. The molecule has 4 rings (SSSR count). The highest BCUT2D eigenvalue weighted by atomic mass is 16.5. The molecule has 0 spiro atoms. The van der Waals surface area contributed by atoms with Crippen molar-refractivity contribution in [3.8, 4) is 5.75 Å². The second kappa shape index (κ2) is 11.9. The Morgan fingerprint density at radius 3 is 2.54 bits per heavy atom. The largest absolute Gasteiger partial charge is 0.494 e. The second-order valence-corrected chi connectivity index (χ2v) is 8.24. The molecule has 0 aliphatic rings. The summed E-state index contributed by atoms with van der Waals surface area (Å²) >= 11 is 0. The Balaban J connectivity index is 1.46. The van der Waals surface area contributed by atoms with Gasteiger partial charge in [-0.1, -0.05) is 48.5 Å². The van der Waals surface area contributed by atoms with Crippen LogP contribution in [0.2, 0.25) is 0 Å². The maximum Gasteiger partial charge on any atom is 0.273 e. The van der Waals surface area contributed by atoms with E-state index in [9.17, 15) is 4.79 Å². The molecule has 0 unspecified atom stereocenters. The normalized spacial score (nSPS) is 11.9. The van der Waals surface area contributed by atoms with Crippen LogP contribution in [-0.2, 0) is 19.6 Å². The summed E-state index contributed by atoms with van der Waals surface area (Å²) in [6, 6.07) is 22.3. The molecule has 1 N–H and O–H groups in total. The Kier molecular flexibility index (Phi) is 8.25. The van der Waals surface area contributed by atoms with Crippen LogP contribution in [0, 0.1) is 0 Å². The number of rotatable bonds is 11. The van der Waals surface area contributed by atoms with Crippen molar-refractivity contribution in [1.82, 2.24) is 20.2 Å². The fourth-order valence-corrected chi connectivity index (χ4v) is 3.80. The van der Waals surface area contributed by atoms with Crippen molar-refractivity contribution in [2.24, 2.45) is 0 Å². The van der Waals surface area contributed by atoms with Crippen LogP contribution in [0.25, 0.3) is 0 Å². The standard InChI is InChI=1S/C28H30N4O3/c1-3-34-25-13-11-22(12-14-25)18-32(21(2)24-9-5-4-6-10-24)19-27-31-26(20-35-27)28(33)30-17-23-8-7-15-29-16-23/h4-16,20-21H,3,17-19H2,1-2H3,(H,30,33)/t21-/m0/s1. The number of ether oxygens (including phenoxy) is 1. The highest BCUT2D eigenvalue weighted by Crippen LogP contribution is 2.25. The molecular weight excluding hydrogens is 440 g/mol. The van der Waals surface area contributed by atoms with Gasteiger partial charge in [0.2, 0.25) is 5.89 Å². The van der Waals surface area contributed by atoms with Crippen molar-refractivity contribution in [2.75, 3.05) is 6.61 Å². The average Bonchev–Trinajstić information content (AvgIpc) is 3.37. The molecule has 7 nitrogen and oxygen atoms in total. The maximum absolute atomic E-state index is 12.6. The first-order valence-corrected chi connectivity index (χ1v) is 11.7. The zero-order valence-electron chi connectivity index (χ0n) is 20.1. The second-order valence-electron chi connectivity index (χ2n) is 8.24. The number of hydrogen-bond acceptors (Lipinski definition) is 6. The lowest BCUT2D eigenvalue weighted by Crippen LogP contribution is -2.27. The van der Waals surface area contributed by atoms with Gasteiger partial charge in [-0.05, 0) is 48.7 Å². The molecule has 2 heterocycles. The number of amides is 1. The van der Waals surface area contributed by atoms with Gasteiger partial charge in [0.05, 0.1) is 13.2 Å². The van der Waals surface area contributed by atoms with E-state index in [2.05, 4.69) is 51.4 Å². The van der Waals surface area contributed by atoms with Crippen LogP contribution in [0.15, 0.2) is 89.8 Å². The van der Waals surface area contributed by atoms with Crippen molar-refractivity contribution in [3.05, 3.63) is 114 Å². The van der Waals surface area contributed by atoms with Crippen molar-refractivity contribution in [2.45, 2.75) is 39.5 Å². The Bertz CT molecular complexity index is 1190. The van der Waals surface area contributed by atoms with Crippen LogP contribution >= 0.6 is 0 Å². The predicted molar refractivity (Wildman–Crippen MR) is 134 cm³/mol. The van der Waals surface area contributed by atoms with Crippen molar-refractivity contribution in [1.29, 1.82) is 0 Å². The lowest BCUT2D eigenvalue weighted by molar-refractivity contribution is 0.0945. The third-order valence-electron chi connectivity index (χ3n) is 5.75. The van der Waals surface area contributed by atoms with Crippen molar-refractivity contribution < 1.29 is 13.9 Å². The maximum atomic E-state index is 12.6. The zero-order chi connectivity index (χ0) is 24.5. The first-order valence-electron chi connectivity index (χ1n) is 11.7. The summed E-state index contributed by atoms with van der Waals surface area (Å²) in [6.45, 7) is 6.30. The van der Waals surface area contributed by atoms with Crippen LogP contribution in [-0.4, -0.2) is 27.4 Å². The summed E-state index contributed by atoms with van der Waals surface area (Å²) in [5.41, 5.74) is 3.52. The monoisotopic (exact) mass is 470 g/mol. The van der Waals surface area contributed by atoms with E-state index in [1.54, 1.807) is 12.4 Å². The highest BCUT2D eigenvalue weighted by molar-refractivity contribution is 5.91. The fourth-order valence-electron chi connectivity index (χ4n) is 3.80. The van der Waals surface area contributed by atoms with Gasteiger partial charge in [0.15, 0.2) is 5.69 Å². The topological polar surface area (TPSA) is 80.5 Å². The number of nitrogens with zero attached hydrogens (tertiary/aromatic N) is 3. The van der Waals surface area contributed by atoms with E-state index >= 15 is 0 Å². The quantitative estimate of drug-likeness (QED) is 0.326. The van der Waals surface area contributed by atoms with E-state index in [1.165, 1.54) is 11.8 Å². The number of aromatic nitrogens is 2. The number of pyridine rings is 1. The summed E-state index contributed by atoms with van der Waals surface area (Å²) in [4.78, 5) is 23.4. The number of benzene rings is 2. The van der Waals surface area contributed by atoms with E-state index in [-0.39, 0.29) is 17.6 Å². The van der Waals surface area contributed by atoms with Gasteiger partial charge in [-0.25, -0.2) is 4.98 Å². The minimum atomic E-state index is -0.280. The van der Waals surface area contributed by atoms with Gasteiger partial charge < -0.3 is 14.5 Å². The van der Waals surface area contributed by atoms with Crippen LogP contribution in [0.1, 0.15) is 53.0 Å². The van der Waals surface area contributed by atoms with Crippen LogP contribution in [0.3, 0.4) is 0 Å². The molecule has 1 amide bonds. The number of nitrogens with one attached hydrogen (secondary N) is 1. The number of hydrogen-bond donors (Lipinski definition) is 1. The van der Waals surface area contributed by atoms with Gasteiger partial charge in [0.1, 0.15) is 12.0 Å². The number of carbonyl (C=O) groups is 1. The molecule has 35 heavy (non-hydrogen) atoms. The molecule has 180 valence electrons. The Morgan fingerprint density at radius 2 is 1.83 bits per heavy atom. The van der Waals surface area contributed by atoms with Gasteiger partial charge in [-0.15, -0.1) is 0 Å². The molecule has 1 atom stereocenters. The Hall–Kier alpha value is -3.97. The molecule has 4 aromatic rings. The molecular formula is C28H30N4O3. The fraction of sp³-hybridized carbons (Fsp3) is 0.250. The summed E-state index contributed by atoms with van der Waals surface area (Å²) in [5, 5.41) is 2.86. The molecule has 0 aliphatic carbocycles. The summed E-state index contributed by atoms with van der Waals surface area (Å²) in [7, 11) is 0. The van der Waals surface area contributed by atoms with E-state index in [1.807, 2.05) is 49.4 Å². The summed E-state index contributed by atoms with van der Waals surface area (Å²) in [5.74, 6) is 1.07. The third-order valence-corrected chi connectivity index (χ3v) is 5.75. The molecule has 0 aliphatic heterocycles. The van der Waals surface area contributed by atoms with E-state index in [0.29, 0.717) is 32.1 Å². The molecule has 0 saturated carbocycles. The molecule has 0 bridgehead atoms. The highest BCUT2D eigenvalue weighted by Gasteiger charge is 2.20. The number of carbonyl (C=O) groups excluding carboxylic acids is 1. The van der Waals surface area contributed by atoms with E-state index < -0.39 is 0 Å². The van der Waals surface area contributed by atoms with Crippen LogP contribution in [0.4, 0.5) is 0 Å². The van der Waals surface area contributed by atoms with Gasteiger partial charge in [0, 0.05) is 31.5 Å². The Labute approximate surface area is 205 Å². The minimum Gasteiger partial charge on any atom is -0.494 e. The smallest absolute Gasteiger partial charge is 0.273 e. The van der Waals surface area contributed by atoms with Crippen molar-refractivity contribution >= 4 is 5.91 Å². The lowest BCUT2D eigenvalue weighted by Gasteiger charge is -2.28. The zero-order valence-corrected chi connectivity index (χ0v) is 20.1. The minimum absolute atomic E-state index is 0.109. The first kappa shape index (κ1) is 24.2. The van der Waals surface area contributed by atoms with E-state index in [0.717, 1.165) is 16.9 Å². The third kappa shape index (κ3) is 6.77. The van der Waals surface area contributed by atoms with Gasteiger partial charge in [0.25, 0.3) is 5.91 Å². The Morgan fingerprint density at radius 1 is 1.03 bits per heavy atom. The number of oxazole rings is 1. The van der Waals surface area contributed by atoms with Gasteiger partial charge in [-0.3, -0.25) is 14.7 Å². The van der Waals surface area contributed by atoms with Crippen molar-refractivity contribution in [3.63, 3.8) is 0 Å². The summed E-state index contributed by atoms with van der Waals surface area (Å²) < 4.78 is 11.3. The van der Waals surface area contributed by atoms with E-state index in [4.69, 9.17) is 9.15 Å². The summed E-state index contributed by atoms with van der Waals surface area (Å²) in [6.07, 6.45) is 4.83. The molecule has 2 aromatic carbocycles. The molecule has 0 radical (unpaired) electrons. The molecule has 7 heteroatoms. The SMILES string of the molecule is CCOc1ccc(CN(Cc2nc(C(=O)NCc3cccnc3)co2)[C@@H](C)c2ccccc2)cc1. The predicted octanol–water partition coefficient (Wildman–Crippen LogP) is 5.16. The van der Waals surface area contributed by atoms with Gasteiger partial charge in [-0.2, -0.15) is 0 Å². The van der Waals surface area contributed by atoms with Crippen LogP contribution < -0.4 is 10.1 Å². The molecule has 0 saturated heterocycles.